The third-order valence-electron chi connectivity index (χ3n) is 4.34. The van der Waals surface area contributed by atoms with E-state index in [2.05, 4.69) is 0 Å². The maximum absolute atomic E-state index is 12.3. The van der Waals surface area contributed by atoms with Crippen LogP contribution in [0.2, 0.25) is 0 Å². The summed E-state index contributed by atoms with van der Waals surface area (Å²) in [5, 5.41) is 19.6. The van der Waals surface area contributed by atoms with Gasteiger partial charge in [-0.1, -0.05) is 12.1 Å². The number of carbonyl (C=O) groups excluding carboxylic acids is 1. The summed E-state index contributed by atoms with van der Waals surface area (Å²) < 4.78 is 15.5. The van der Waals surface area contributed by atoms with Gasteiger partial charge >= 0.3 is 11.6 Å². The molecule has 0 atom stereocenters. The van der Waals surface area contributed by atoms with Crippen LogP contribution in [0, 0.1) is 18.3 Å². The van der Waals surface area contributed by atoms with Crippen molar-refractivity contribution in [2.45, 2.75) is 13.5 Å². The van der Waals surface area contributed by atoms with Crippen LogP contribution < -0.4 is 10.4 Å². The molecule has 1 aromatic heterocycles. The summed E-state index contributed by atoms with van der Waals surface area (Å²) >= 11 is 0. The number of nitriles is 1. The van der Waals surface area contributed by atoms with E-state index in [9.17, 15) is 20.0 Å². The SMILES string of the molecule is COc1ccc(C=C(C#N)C(=O)OCc2cc(=O)oc3c(C)c(O)ccc23)cc1. The molecular formula is C22H17NO6. The number of esters is 1. The molecule has 0 unspecified atom stereocenters. The van der Waals surface area contributed by atoms with Crippen molar-refractivity contribution in [3.05, 3.63) is 75.1 Å². The number of ether oxygens (including phenoxy) is 2. The van der Waals surface area contributed by atoms with Crippen LogP contribution in [0.15, 0.2) is 57.2 Å². The number of rotatable bonds is 5. The third-order valence-corrected chi connectivity index (χ3v) is 4.34. The fourth-order valence-corrected chi connectivity index (χ4v) is 2.76. The summed E-state index contributed by atoms with van der Waals surface area (Å²) in [7, 11) is 1.54. The summed E-state index contributed by atoms with van der Waals surface area (Å²) in [6.45, 7) is 1.38. The van der Waals surface area contributed by atoms with E-state index in [-0.39, 0.29) is 23.5 Å². The van der Waals surface area contributed by atoms with Gasteiger partial charge in [-0.2, -0.15) is 5.26 Å². The second-order valence-electron chi connectivity index (χ2n) is 6.20. The van der Waals surface area contributed by atoms with Crippen LogP contribution in [0.3, 0.4) is 0 Å². The second kappa shape index (κ2) is 8.31. The number of aromatic hydroxyl groups is 1. The summed E-state index contributed by atoms with van der Waals surface area (Å²) in [6, 6.07) is 12.9. The Bertz CT molecular complexity index is 1200. The first-order valence-corrected chi connectivity index (χ1v) is 8.61. The highest BCUT2D eigenvalue weighted by molar-refractivity contribution is 5.98. The van der Waals surface area contributed by atoms with E-state index >= 15 is 0 Å². The zero-order valence-corrected chi connectivity index (χ0v) is 15.8. The van der Waals surface area contributed by atoms with Crippen LogP contribution in [0.25, 0.3) is 17.0 Å². The molecule has 0 saturated heterocycles. The normalized spacial score (nSPS) is 11.1. The monoisotopic (exact) mass is 391 g/mol. The first kappa shape index (κ1) is 19.7. The fraction of sp³-hybridized carbons (Fsp3) is 0.136. The van der Waals surface area contributed by atoms with E-state index in [1.54, 1.807) is 44.4 Å². The zero-order valence-electron chi connectivity index (χ0n) is 15.8. The van der Waals surface area contributed by atoms with E-state index in [1.807, 2.05) is 6.07 Å². The quantitative estimate of drug-likeness (QED) is 0.307. The van der Waals surface area contributed by atoms with Gasteiger partial charge in [0.15, 0.2) is 0 Å². The number of fused-ring (bicyclic) bond motifs is 1. The molecule has 0 bridgehead atoms. The van der Waals surface area contributed by atoms with Crippen LogP contribution in [0.4, 0.5) is 0 Å². The smallest absolute Gasteiger partial charge is 0.349 e. The minimum absolute atomic E-state index is 0.0102. The molecule has 29 heavy (non-hydrogen) atoms. The van der Waals surface area contributed by atoms with Crippen molar-refractivity contribution in [1.29, 1.82) is 5.26 Å². The molecule has 2 aromatic carbocycles. The summed E-state index contributed by atoms with van der Waals surface area (Å²) in [6.07, 6.45) is 1.40. The van der Waals surface area contributed by atoms with Crippen molar-refractivity contribution in [1.82, 2.24) is 0 Å². The van der Waals surface area contributed by atoms with Crippen molar-refractivity contribution in [3.8, 4) is 17.6 Å². The number of phenols is 1. The highest BCUT2D eigenvalue weighted by Crippen LogP contribution is 2.27. The maximum Gasteiger partial charge on any atom is 0.349 e. The molecule has 0 fully saturated rings. The second-order valence-corrected chi connectivity index (χ2v) is 6.20. The molecule has 7 heteroatoms. The van der Waals surface area contributed by atoms with Gasteiger partial charge in [-0.05, 0) is 42.8 Å². The van der Waals surface area contributed by atoms with Gasteiger partial charge in [0.1, 0.15) is 35.3 Å². The minimum Gasteiger partial charge on any atom is -0.508 e. The summed E-state index contributed by atoms with van der Waals surface area (Å²) in [5.74, 6) is -0.177. The van der Waals surface area contributed by atoms with E-state index in [1.165, 1.54) is 18.2 Å². The molecule has 0 aliphatic heterocycles. The molecule has 0 radical (unpaired) electrons. The summed E-state index contributed by atoms with van der Waals surface area (Å²) in [4.78, 5) is 24.2. The van der Waals surface area contributed by atoms with Gasteiger partial charge in [0.25, 0.3) is 0 Å². The lowest BCUT2D eigenvalue weighted by atomic mass is 10.1. The fourth-order valence-electron chi connectivity index (χ4n) is 2.76. The highest BCUT2D eigenvalue weighted by Gasteiger charge is 2.15. The van der Waals surface area contributed by atoms with Crippen LogP contribution in [0.1, 0.15) is 16.7 Å². The standard InChI is InChI=1S/C22H17NO6/c1-13-19(24)8-7-18-16(10-20(25)29-21(13)18)12-28-22(26)15(11-23)9-14-3-5-17(27-2)6-4-14/h3-10,24H,12H2,1-2H3. The largest absolute Gasteiger partial charge is 0.508 e. The minimum atomic E-state index is -0.819. The number of aryl methyl sites for hydroxylation is 1. The maximum atomic E-state index is 12.3. The molecule has 3 rings (SSSR count). The van der Waals surface area contributed by atoms with Crippen LogP contribution in [-0.2, 0) is 16.1 Å². The molecule has 1 N–H and O–H groups in total. The highest BCUT2D eigenvalue weighted by atomic mass is 16.5. The number of benzene rings is 2. The van der Waals surface area contributed by atoms with E-state index in [0.29, 0.717) is 27.8 Å². The van der Waals surface area contributed by atoms with Gasteiger partial charge in [-0.15, -0.1) is 0 Å². The van der Waals surface area contributed by atoms with E-state index < -0.39 is 11.6 Å². The van der Waals surface area contributed by atoms with E-state index in [0.717, 1.165) is 0 Å². The Morgan fingerprint density at radius 1 is 1.24 bits per heavy atom. The molecule has 0 spiro atoms. The van der Waals surface area contributed by atoms with Gasteiger partial charge in [-0.25, -0.2) is 9.59 Å². The van der Waals surface area contributed by atoms with E-state index in [4.69, 9.17) is 13.9 Å². The summed E-state index contributed by atoms with van der Waals surface area (Å²) in [5.41, 5.74) is 0.858. The number of hydrogen-bond donors (Lipinski definition) is 1. The molecule has 7 nitrogen and oxygen atoms in total. The Labute approximate surface area is 166 Å². The number of phenolic OH excluding ortho intramolecular Hbond substituents is 1. The Balaban J connectivity index is 1.84. The Morgan fingerprint density at radius 2 is 1.97 bits per heavy atom. The van der Waals surface area contributed by atoms with Gasteiger partial charge in [0, 0.05) is 22.6 Å². The van der Waals surface area contributed by atoms with Crippen molar-refractivity contribution in [2.24, 2.45) is 0 Å². The zero-order chi connectivity index (χ0) is 21.0. The number of hydrogen-bond acceptors (Lipinski definition) is 7. The first-order valence-electron chi connectivity index (χ1n) is 8.61. The number of nitrogens with zero attached hydrogens (tertiary/aromatic N) is 1. The first-order chi connectivity index (χ1) is 13.9. The van der Waals surface area contributed by atoms with Gasteiger partial charge in [0.05, 0.1) is 7.11 Å². The van der Waals surface area contributed by atoms with Crippen molar-refractivity contribution in [3.63, 3.8) is 0 Å². The Morgan fingerprint density at radius 3 is 2.62 bits per heavy atom. The van der Waals surface area contributed by atoms with Crippen LogP contribution in [-0.4, -0.2) is 18.2 Å². The van der Waals surface area contributed by atoms with Crippen molar-refractivity contribution < 1.29 is 23.8 Å². The number of methoxy groups -OCH3 is 1. The molecule has 0 saturated carbocycles. The lowest BCUT2D eigenvalue weighted by Crippen LogP contribution is -2.09. The number of carbonyl (C=O) groups is 1. The van der Waals surface area contributed by atoms with Crippen molar-refractivity contribution in [2.75, 3.05) is 7.11 Å². The molecule has 0 aliphatic carbocycles. The Hall–Kier alpha value is -4.05. The molecule has 3 aromatic rings. The predicted octanol–water partition coefficient (Wildman–Crippen LogP) is 3.47. The lowest BCUT2D eigenvalue weighted by Gasteiger charge is -2.09. The average Bonchev–Trinajstić information content (AvgIpc) is 2.73. The van der Waals surface area contributed by atoms with Gasteiger partial charge < -0.3 is 19.0 Å². The van der Waals surface area contributed by atoms with Crippen LogP contribution >= 0.6 is 0 Å². The lowest BCUT2D eigenvalue weighted by molar-refractivity contribution is -0.139. The Kier molecular flexibility index (Phi) is 5.65. The molecule has 0 aliphatic rings. The third kappa shape index (κ3) is 4.28. The predicted molar refractivity (Wildman–Crippen MR) is 105 cm³/mol. The molecule has 146 valence electrons. The van der Waals surface area contributed by atoms with Crippen molar-refractivity contribution >= 4 is 23.0 Å². The average molecular weight is 391 g/mol. The molecular weight excluding hydrogens is 374 g/mol. The van der Waals surface area contributed by atoms with Gasteiger partial charge in [-0.3, -0.25) is 0 Å². The topological polar surface area (TPSA) is 110 Å². The van der Waals surface area contributed by atoms with Crippen LogP contribution in [0.5, 0.6) is 11.5 Å². The molecule has 1 heterocycles. The van der Waals surface area contributed by atoms with Gasteiger partial charge in [0.2, 0.25) is 0 Å². The molecule has 0 amide bonds.